The van der Waals surface area contributed by atoms with E-state index in [0.717, 1.165) is 25.0 Å². The van der Waals surface area contributed by atoms with Crippen molar-refractivity contribution < 1.29 is 9.53 Å². The first kappa shape index (κ1) is 13.3. The second-order valence-corrected chi connectivity index (χ2v) is 5.85. The lowest BCUT2D eigenvalue weighted by molar-refractivity contribution is 0.0858. The quantitative estimate of drug-likeness (QED) is 0.936. The van der Waals surface area contributed by atoms with E-state index in [2.05, 4.69) is 11.4 Å². The Labute approximate surface area is 122 Å². The SMILES string of the molecule is O=C(NC[C@H]1CCCO1)c1cccc(-c2cccs2)c1. The van der Waals surface area contributed by atoms with Gasteiger partial charge in [0.05, 0.1) is 6.10 Å². The molecule has 20 heavy (non-hydrogen) atoms. The van der Waals surface area contributed by atoms with Crippen molar-refractivity contribution in [2.24, 2.45) is 0 Å². The number of benzene rings is 1. The minimum atomic E-state index is -0.0288. The maximum absolute atomic E-state index is 12.2. The molecule has 0 spiro atoms. The molecule has 1 saturated heterocycles. The number of rotatable bonds is 4. The monoisotopic (exact) mass is 287 g/mol. The van der Waals surface area contributed by atoms with Gasteiger partial charge in [-0.05, 0) is 42.0 Å². The van der Waals surface area contributed by atoms with Crippen LogP contribution < -0.4 is 5.32 Å². The highest BCUT2D eigenvalue weighted by Gasteiger charge is 2.16. The molecule has 3 rings (SSSR count). The second-order valence-electron chi connectivity index (χ2n) is 4.90. The van der Waals surface area contributed by atoms with Gasteiger partial charge in [-0.25, -0.2) is 0 Å². The van der Waals surface area contributed by atoms with E-state index < -0.39 is 0 Å². The third kappa shape index (κ3) is 3.08. The van der Waals surface area contributed by atoms with Crippen molar-refractivity contribution in [1.29, 1.82) is 0 Å². The van der Waals surface area contributed by atoms with Gasteiger partial charge in [0.2, 0.25) is 0 Å². The minimum Gasteiger partial charge on any atom is -0.376 e. The molecule has 2 aromatic rings. The first-order valence-electron chi connectivity index (χ1n) is 6.87. The summed E-state index contributed by atoms with van der Waals surface area (Å²) in [7, 11) is 0. The molecule has 4 heteroatoms. The molecule has 1 aromatic carbocycles. The van der Waals surface area contributed by atoms with Gasteiger partial charge in [-0.2, -0.15) is 0 Å². The molecule has 2 heterocycles. The zero-order valence-corrected chi connectivity index (χ0v) is 12.0. The van der Waals surface area contributed by atoms with E-state index in [4.69, 9.17) is 4.74 Å². The third-order valence-corrected chi connectivity index (χ3v) is 4.36. The third-order valence-electron chi connectivity index (χ3n) is 3.44. The Kier molecular flexibility index (Phi) is 4.14. The summed E-state index contributed by atoms with van der Waals surface area (Å²) in [4.78, 5) is 13.3. The molecule has 0 radical (unpaired) electrons. The largest absolute Gasteiger partial charge is 0.376 e. The fraction of sp³-hybridized carbons (Fsp3) is 0.312. The van der Waals surface area contributed by atoms with Crippen LogP contribution in [0.3, 0.4) is 0 Å². The molecule has 1 N–H and O–H groups in total. The number of hydrogen-bond donors (Lipinski definition) is 1. The fourth-order valence-corrected chi connectivity index (χ4v) is 3.09. The van der Waals surface area contributed by atoms with Crippen LogP contribution in [-0.2, 0) is 4.74 Å². The fourth-order valence-electron chi connectivity index (χ4n) is 2.37. The lowest BCUT2D eigenvalue weighted by Crippen LogP contribution is -2.31. The Morgan fingerprint density at radius 2 is 2.30 bits per heavy atom. The van der Waals surface area contributed by atoms with Gasteiger partial charge in [0.15, 0.2) is 0 Å². The van der Waals surface area contributed by atoms with E-state index in [-0.39, 0.29) is 12.0 Å². The van der Waals surface area contributed by atoms with Gasteiger partial charge in [-0.3, -0.25) is 4.79 Å². The number of nitrogens with one attached hydrogen (secondary N) is 1. The highest BCUT2D eigenvalue weighted by Crippen LogP contribution is 2.25. The molecule has 0 unspecified atom stereocenters. The first-order valence-corrected chi connectivity index (χ1v) is 7.74. The molecule has 1 aromatic heterocycles. The minimum absolute atomic E-state index is 0.0288. The van der Waals surface area contributed by atoms with Crippen molar-refractivity contribution >= 4 is 17.2 Å². The van der Waals surface area contributed by atoms with Gasteiger partial charge in [0, 0.05) is 23.6 Å². The molecule has 1 aliphatic heterocycles. The number of ether oxygens (including phenoxy) is 1. The van der Waals surface area contributed by atoms with Crippen LogP contribution in [0.4, 0.5) is 0 Å². The zero-order chi connectivity index (χ0) is 13.8. The lowest BCUT2D eigenvalue weighted by Gasteiger charge is -2.11. The molecule has 3 nitrogen and oxygen atoms in total. The predicted molar refractivity (Wildman–Crippen MR) is 81.1 cm³/mol. The summed E-state index contributed by atoms with van der Waals surface area (Å²) in [5, 5.41) is 4.99. The van der Waals surface area contributed by atoms with E-state index in [1.807, 2.05) is 35.7 Å². The predicted octanol–water partition coefficient (Wildman–Crippen LogP) is 3.32. The standard InChI is InChI=1S/C16H17NO2S/c18-16(17-11-14-6-2-8-19-14)13-5-1-4-12(10-13)15-7-3-9-20-15/h1,3-5,7,9-10,14H,2,6,8,11H2,(H,17,18)/t14-/m1/s1. The van der Waals surface area contributed by atoms with Crippen molar-refractivity contribution in [3.05, 3.63) is 47.3 Å². The summed E-state index contributed by atoms with van der Waals surface area (Å²) in [6.07, 6.45) is 2.31. The van der Waals surface area contributed by atoms with Crippen LogP contribution in [0.15, 0.2) is 41.8 Å². The molecule has 0 saturated carbocycles. The average molecular weight is 287 g/mol. The van der Waals surface area contributed by atoms with Crippen molar-refractivity contribution in [3.63, 3.8) is 0 Å². The Hall–Kier alpha value is -1.65. The highest BCUT2D eigenvalue weighted by atomic mass is 32.1. The van der Waals surface area contributed by atoms with Crippen LogP contribution in [0, 0.1) is 0 Å². The summed E-state index contributed by atoms with van der Waals surface area (Å²) < 4.78 is 5.51. The number of amides is 1. The summed E-state index contributed by atoms with van der Waals surface area (Å²) in [5.41, 5.74) is 1.79. The molecule has 104 valence electrons. The highest BCUT2D eigenvalue weighted by molar-refractivity contribution is 7.13. The first-order chi connectivity index (χ1) is 9.83. The maximum atomic E-state index is 12.2. The molecule has 0 bridgehead atoms. The van der Waals surface area contributed by atoms with E-state index in [1.165, 1.54) is 4.88 Å². The number of carbonyl (C=O) groups excluding carboxylic acids is 1. The zero-order valence-electron chi connectivity index (χ0n) is 11.2. The van der Waals surface area contributed by atoms with Crippen LogP contribution in [0.2, 0.25) is 0 Å². The molecule has 1 amide bonds. The Bertz CT molecular complexity index is 574. The normalized spacial score (nSPS) is 18.1. The van der Waals surface area contributed by atoms with Gasteiger partial charge in [-0.15, -0.1) is 11.3 Å². The van der Waals surface area contributed by atoms with Crippen LogP contribution >= 0.6 is 11.3 Å². The second kappa shape index (κ2) is 6.20. The van der Waals surface area contributed by atoms with Crippen molar-refractivity contribution in [2.75, 3.05) is 13.2 Å². The van der Waals surface area contributed by atoms with Gasteiger partial charge >= 0.3 is 0 Å². The van der Waals surface area contributed by atoms with Gasteiger partial charge in [0.1, 0.15) is 0 Å². The lowest BCUT2D eigenvalue weighted by atomic mass is 10.1. The van der Waals surface area contributed by atoms with Gasteiger partial charge in [0.25, 0.3) is 5.91 Å². The summed E-state index contributed by atoms with van der Waals surface area (Å²) >= 11 is 1.68. The topological polar surface area (TPSA) is 38.3 Å². The van der Waals surface area contributed by atoms with Crippen molar-refractivity contribution in [1.82, 2.24) is 5.32 Å². The number of thiophene rings is 1. The van der Waals surface area contributed by atoms with E-state index in [0.29, 0.717) is 12.1 Å². The molecular formula is C16H17NO2S. The molecule has 1 atom stereocenters. The summed E-state index contributed by atoms with van der Waals surface area (Å²) in [5.74, 6) is -0.0288. The number of carbonyl (C=O) groups is 1. The van der Waals surface area contributed by atoms with Crippen LogP contribution in [-0.4, -0.2) is 25.2 Å². The Balaban J connectivity index is 1.66. The van der Waals surface area contributed by atoms with E-state index >= 15 is 0 Å². The molecule has 0 aliphatic carbocycles. The summed E-state index contributed by atoms with van der Waals surface area (Å²) in [6, 6.07) is 11.8. The van der Waals surface area contributed by atoms with E-state index in [9.17, 15) is 4.79 Å². The van der Waals surface area contributed by atoms with Gasteiger partial charge < -0.3 is 10.1 Å². The van der Waals surface area contributed by atoms with Crippen LogP contribution in [0.1, 0.15) is 23.2 Å². The summed E-state index contributed by atoms with van der Waals surface area (Å²) in [6.45, 7) is 1.41. The number of hydrogen-bond acceptors (Lipinski definition) is 3. The average Bonchev–Trinajstić information content (AvgIpc) is 3.18. The smallest absolute Gasteiger partial charge is 0.251 e. The van der Waals surface area contributed by atoms with Crippen molar-refractivity contribution in [2.45, 2.75) is 18.9 Å². The van der Waals surface area contributed by atoms with Crippen LogP contribution in [0.5, 0.6) is 0 Å². The van der Waals surface area contributed by atoms with Gasteiger partial charge in [-0.1, -0.05) is 18.2 Å². The maximum Gasteiger partial charge on any atom is 0.251 e. The van der Waals surface area contributed by atoms with Crippen LogP contribution in [0.25, 0.3) is 10.4 Å². The van der Waals surface area contributed by atoms with E-state index in [1.54, 1.807) is 11.3 Å². The molecule has 1 fully saturated rings. The molecular weight excluding hydrogens is 270 g/mol. The van der Waals surface area contributed by atoms with Crippen molar-refractivity contribution in [3.8, 4) is 10.4 Å². The Morgan fingerprint density at radius 1 is 1.35 bits per heavy atom. The Morgan fingerprint density at radius 3 is 3.05 bits per heavy atom. The molecule has 1 aliphatic rings.